The first kappa shape index (κ1) is 16.2. The summed E-state index contributed by atoms with van der Waals surface area (Å²) in [6.45, 7) is 8.64. The number of rotatable bonds is 11. The van der Waals surface area contributed by atoms with Crippen molar-refractivity contribution in [2.24, 2.45) is 0 Å². The molecule has 0 aliphatic carbocycles. The number of aromatic nitrogens is 2. The van der Waals surface area contributed by atoms with Gasteiger partial charge in [0.1, 0.15) is 5.82 Å². The van der Waals surface area contributed by atoms with Crippen molar-refractivity contribution in [3.05, 3.63) is 18.2 Å². The molecule has 19 heavy (non-hydrogen) atoms. The number of hydrogen-bond donors (Lipinski definition) is 1. The second-order valence-electron chi connectivity index (χ2n) is 5.24. The van der Waals surface area contributed by atoms with Gasteiger partial charge in [-0.15, -0.1) is 0 Å². The Morgan fingerprint density at radius 2 is 1.84 bits per heavy atom. The molecule has 1 atom stereocenters. The van der Waals surface area contributed by atoms with E-state index in [1.807, 2.05) is 6.20 Å². The van der Waals surface area contributed by atoms with Gasteiger partial charge in [-0.2, -0.15) is 0 Å². The van der Waals surface area contributed by atoms with Crippen LogP contribution in [0.15, 0.2) is 12.4 Å². The zero-order valence-corrected chi connectivity index (χ0v) is 13.0. The van der Waals surface area contributed by atoms with Crippen molar-refractivity contribution in [1.82, 2.24) is 14.9 Å². The lowest BCUT2D eigenvalue weighted by atomic mass is 10.0. The summed E-state index contributed by atoms with van der Waals surface area (Å²) in [7, 11) is 0. The molecule has 1 aromatic rings. The molecule has 0 saturated heterocycles. The van der Waals surface area contributed by atoms with Crippen LogP contribution in [0.4, 0.5) is 0 Å². The summed E-state index contributed by atoms with van der Waals surface area (Å²) in [5.74, 6) is 1.21. The third-order valence-corrected chi connectivity index (χ3v) is 3.70. The van der Waals surface area contributed by atoms with Gasteiger partial charge in [0.05, 0.1) is 6.04 Å². The largest absolute Gasteiger partial charge is 0.334 e. The predicted octanol–water partition coefficient (Wildman–Crippen LogP) is 4.30. The molecule has 3 nitrogen and oxygen atoms in total. The predicted molar refractivity (Wildman–Crippen MR) is 82.3 cm³/mol. The van der Waals surface area contributed by atoms with E-state index in [2.05, 4.69) is 41.8 Å². The van der Waals surface area contributed by atoms with E-state index in [4.69, 9.17) is 0 Å². The van der Waals surface area contributed by atoms with E-state index in [9.17, 15) is 0 Å². The van der Waals surface area contributed by atoms with E-state index in [0.717, 1.165) is 13.1 Å². The molecule has 0 aliphatic rings. The van der Waals surface area contributed by atoms with Crippen molar-refractivity contribution in [1.29, 1.82) is 0 Å². The van der Waals surface area contributed by atoms with E-state index in [1.54, 1.807) is 0 Å². The molecule has 1 N–H and O–H groups in total. The fourth-order valence-corrected chi connectivity index (χ4v) is 2.60. The minimum Gasteiger partial charge on any atom is -0.334 e. The molecule has 1 aromatic heterocycles. The number of imidazole rings is 1. The van der Waals surface area contributed by atoms with E-state index in [1.165, 1.54) is 50.8 Å². The Hall–Kier alpha value is -0.830. The highest BCUT2D eigenvalue weighted by molar-refractivity contribution is 4.99. The van der Waals surface area contributed by atoms with E-state index in [-0.39, 0.29) is 0 Å². The summed E-state index contributed by atoms with van der Waals surface area (Å²) in [5, 5.41) is 3.58. The van der Waals surface area contributed by atoms with Crippen molar-refractivity contribution in [2.45, 2.75) is 78.3 Å². The Balaban J connectivity index is 2.36. The molecule has 0 amide bonds. The van der Waals surface area contributed by atoms with Crippen LogP contribution in [-0.4, -0.2) is 16.1 Å². The number of hydrogen-bond acceptors (Lipinski definition) is 2. The quantitative estimate of drug-likeness (QED) is 0.604. The summed E-state index contributed by atoms with van der Waals surface area (Å²) < 4.78 is 2.25. The van der Waals surface area contributed by atoms with Crippen molar-refractivity contribution in [3.8, 4) is 0 Å². The number of nitrogens with zero attached hydrogens (tertiary/aromatic N) is 2. The van der Waals surface area contributed by atoms with Crippen LogP contribution in [0.1, 0.15) is 77.6 Å². The average molecular weight is 265 g/mol. The molecule has 110 valence electrons. The van der Waals surface area contributed by atoms with Crippen molar-refractivity contribution in [3.63, 3.8) is 0 Å². The molecule has 0 fully saturated rings. The first-order valence-electron chi connectivity index (χ1n) is 8.07. The highest BCUT2D eigenvalue weighted by Gasteiger charge is 2.14. The Morgan fingerprint density at radius 3 is 2.53 bits per heavy atom. The molecule has 1 heterocycles. The molecular weight excluding hydrogens is 234 g/mol. The summed E-state index contributed by atoms with van der Waals surface area (Å²) in [6.07, 6.45) is 13.4. The molecule has 0 aromatic carbocycles. The standard InChI is InChI=1S/C16H31N3/c1-4-7-8-9-10-11-12-15(17-5-2)16-18-13-14-19(16)6-3/h13-15,17H,4-12H2,1-3H3. The number of nitrogens with one attached hydrogen (secondary N) is 1. The topological polar surface area (TPSA) is 29.9 Å². The van der Waals surface area contributed by atoms with Crippen LogP contribution >= 0.6 is 0 Å². The molecule has 0 aliphatic heterocycles. The third kappa shape index (κ3) is 5.77. The first-order chi connectivity index (χ1) is 9.33. The minimum atomic E-state index is 0.422. The second-order valence-corrected chi connectivity index (χ2v) is 5.24. The normalized spacial score (nSPS) is 12.8. The fourth-order valence-electron chi connectivity index (χ4n) is 2.60. The van der Waals surface area contributed by atoms with Gasteiger partial charge in [0.2, 0.25) is 0 Å². The zero-order chi connectivity index (χ0) is 13.9. The maximum absolute atomic E-state index is 4.53. The van der Waals surface area contributed by atoms with E-state index >= 15 is 0 Å². The fraction of sp³-hybridized carbons (Fsp3) is 0.812. The van der Waals surface area contributed by atoms with Crippen LogP contribution in [-0.2, 0) is 6.54 Å². The highest BCUT2D eigenvalue weighted by Crippen LogP contribution is 2.19. The zero-order valence-electron chi connectivity index (χ0n) is 13.0. The van der Waals surface area contributed by atoms with Crippen LogP contribution in [0.25, 0.3) is 0 Å². The molecule has 0 bridgehead atoms. The van der Waals surface area contributed by atoms with Gasteiger partial charge in [0.25, 0.3) is 0 Å². The van der Waals surface area contributed by atoms with Gasteiger partial charge >= 0.3 is 0 Å². The monoisotopic (exact) mass is 265 g/mol. The molecule has 0 saturated carbocycles. The maximum Gasteiger partial charge on any atom is 0.125 e. The van der Waals surface area contributed by atoms with Crippen molar-refractivity contribution < 1.29 is 0 Å². The van der Waals surface area contributed by atoms with Crippen LogP contribution in [0.5, 0.6) is 0 Å². The van der Waals surface area contributed by atoms with Gasteiger partial charge in [-0.1, -0.05) is 52.4 Å². The van der Waals surface area contributed by atoms with E-state index < -0.39 is 0 Å². The third-order valence-electron chi connectivity index (χ3n) is 3.70. The lowest BCUT2D eigenvalue weighted by Gasteiger charge is -2.18. The second kappa shape index (κ2) is 10.0. The van der Waals surface area contributed by atoms with Gasteiger partial charge < -0.3 is 9.88 Å². The van der Waals surface area contributed by atoms with Crippen molar-refractivity contribution >= 4 is 0 Å². The highest BCUT2D eigenvalue weighted by atomic mass is 15.1. The Labute approximate surface area is 118 Å². The van der Waals surface area contributed by atoms with Gasteiger partial charge in [-0.05, 0) is 19.9 Å². The average Bonchev–Trinajstić information content (AvgIpc) is 2.89. The van der Waals surface area contributed by atoms with Crippen LogP contribution in [0, 0.1) is 0 Å². The Bertz CT molecular complexity index is 320. The van der Waals surface area contributed by atoms with Gasteiger partial charge in [0, 0.05) is 18.9 Å². The SMILES string of the molecule is CCCCCCCCC(NCC)c1nccn1CC. The van der Waals surface area contributed by atoms with Gasteiger partial charge in [-0.3, -0.25) is 0 Å². The lowest BCUT2D eigenvalue weighted by molar-refractivity contribution is 0.443. The molecule has 0 spiro atoms. The minimum absolute atomic E-state index is 0.422. The first-order valence-corrected chi connectivity index (χ1v) is 8.07. The van der Waals surface area contributed by atoms with Crippen LogP contribution in [0.2, 0.25) is 0 Å². The summed E-state index contributed by atoms with van der Waals surface area (Å²) in [4.78, 5) is 4.53. The molecule has 0 radical (unpaired) electrons. The molecule has 3 heteroatoms. The number of unbranched alkanes of at least 4 members (excludes halogenated alkanes) is 5. The molecular formula is C16H31N3. The molecule has 1 unspecified atom stereocenters. The Kier molecular flexibility index (Phi) is 8.55. The van der Waals surface area contributed by atoms with Crippen LogP contribution in [0.3, 0.4) is 0 Å². The van der Waals surface area contributed by atoms with Gasteiger partial charge in [-0.25, -0.2) is 4.98 Å². The number of aryl methyl sites for hydroxylation is 1. The summed E-state index contributed by atoms with van der Waals surface area (Å²) >= 11 is 0. The van der Waals surface area contributed by atoms with Gasteiger partial charge in [0.15, 0.2) is 0 Å². The van der Waals surface area contributed by atoms with Crippen molar-refractivity contribution in [2.75, 3.05) is 6.54 Å². The van der Waals surface area contributed by atoms with Crippen LogP contribution < -0.4 is 5.32 Å². The van der Waals surface area contributed by atoms with E-state index in [0.29, 0.717) is 6.04 Å². The smallest absolute Gasteiger partial charge is 0.125 e. The summed E-state index contributed by atoms with van der Waals surface area (Å²) in [5.41, 5.74) is 0. The molecule has 1 rings (SSSR count). The summed E-state index contributed by atoms with van der Waals surface area (Å²) in [6, 6.07) is 0.422. The Morgan fingerprint density at radius 1 is 1.11 bits per heavy atom. The maximum atomic E-state index is 4.53. The lowest BCUT2D eigenvalue weighted by Crippen LogP contribution is -2.24.